The number of thiazole rings is 1. The minimum atomic E-state index is -3.77. The van der Waals surface area contributed by atoms with Gasteiger partial charge in [0.25, 0.3) is 0 Å². The highest BCUT2D eigenvalue weighted by Crippen LogP contribution is 2.32. The van der Waals surface area contributed by atoms with E-state index in [4.69, 9.17) is 10.2 Å². The number of benzene rings is 2. The number of rotatable bonds is 7. The third-order valence-electron chi connectivity index (χ3n) is 4.95. The van der Waals surface area contributed by atoms with Gasteiger partial charge in [-0.1, -0.05) is 49.4 Å². The fourth-order valence-electron chi connectivity index (χ4n) is 3.18. The molecule has 0 fully saturated rings. The monoisotopic (exact) mass is 614 g/mol. The quantitative estimate of drug-likeness (QED) is 0.317. The van der Waals surface area contributed by atoms with Crippen LogP contribution in [0.3, 0.4) is 0 Å². The summed E-state index contributed by atoms with van der Waals surface area (Å²) < 4.78 is 50.0. The van der Waals surface area contributed by atoms with E-state index in [1.165, 1.54) is 28.8 Å². The highest BCUT2D eigenvalue weighted by molar-refractivity contribution is 14.1. The summed E-state index contributed by atoms with van der Waals surface area (Å²) in [4.78, 5) is 4.37. The van der Waals surface area contributed by atoms with E-state index < -0.39 is 19.9 Å². The molecular formula is C21H19IN4O4S3. The SMILES string of the molecule is CCS(=O)(=O)c1csc(-n2nc(-c3ccccc3)c(Cc3ccc(S(N)(=O)=O)cc3)c2I)n1. The molecule has 0 atom stereocenters. The molecule has 4 rings (SSSR count). The maximum absolute atomic E-state index is 12.2. The zero-order valence-electron chi connectivity index (χ0n) is 17.3. The van der Waals surface area contributed by atoms with Gasteiger partial charge in [0, 0.05) is 22.9 Å². The summed E-state index contributed by atoms with van der Waals surface area (Å²) in [6.45, 7) is 1.58. The van der Waals surface area contributed by atoms with Gasteiger partial charge in [0.1, 0.15) is 3.70 Å². The minimum Gasteiger partial charge on any atom is -0.225 e. The lowest BCUT2D eigenvalue weighted by Crippen LogP contribution is -2.11. The Morgan fingerprint density at radius 2 is 1.70 bits per heavy atom. The number of sulfone groups is 1. The minimum absolute atomic E-state index is 0.0264. The van der Waals surface area contributed by atoms with Crippen LogP contribution in [0.25, 0.3) is 16.4 Å². The van der Waals surface area contributed by atoms with Crippen molar-refractivity contribution in [3.63, 3.8) is 0 Å². The molecule has 0 unspecified atom stereocenters. The van der Waals surface area contributed by atoms with Gasteiger partial charge in [0.15, 0.2) is 14.9 Å². The van der Waals surface area contributed by atoms with Crippen molar-refractivity contribution in [1.29, 1.82) is 0 Å². The molecule has 0 aliphatic rings. The Bertz CT molecular complexity index is 1510. The van der Waals surface area contributed by atoms with E-state index in [1.807, 2.05) is 30.3 Å². The van der Waals surface area contributed by atoms with Crippen molar-refractivity contribution >= 4 is 53.8 Å². The van der Waals surface area contributed by atoms with Gasteiger partial charge in [-0.3, -0.25) is 0 Å². The van der Waals surface area contributed by atoms with Gasteiger partial charge >= 0.3 is 0 Å². The van der Waals surface area contributed by atoms with Crippen LogP contribution in [0, 0.1) is 3.70 Å². The first-order valence-electron chi connectivity index (χ1n) is 9.73. The summed E-state index contributed by atoms with van der Waals surface area (Å²) in [6, 6.07) is 16.0. The Hall–Kier alpha value is -2.13. The number of aromatic nitrogens is 3. The lowest BCUT2D eigenvalue weighted by molar-refractivity contribution is 0.593. The van der Waals surface area contributed by atoms with Gasteiger partial charge in [-0.25, -0.2) is 27.0 Å². The number of nitrogens with two attached hydrogens (primary N) is 1. The van der Waals surface area contributed by atoms with Gasteiger partial charge in [-0.2, -0.15) is 9.78 Å². The van der Waals surface area contributed by atoms with E-state index in [2.05, 4.69) is 27.6 Å². The standard InChI is InChI=1S/C21H19IN4O4S3/c1-2-32(27,28)18-13-31-21(24-18)26-20(22)17(19(25-26)15-6-4-3-5-7-15)12-14-8-10-16(11-9-14)33(23,29)30/h3-11,13H,2,12H2,1H3,(H2,23,29,30). The molecule has 2 heterocycles. The molecule has 4 aromatic rings. The molecule has 0 aliphatic carbocycles. The molecule has 8 nitrogen and oxygen atoms in total. The van der Waals surface area contributed by atoms with Crippen molar-refractivity contribution in [2.45, 2.75) is 23.3 Å². The van der Waals surface area contributed by atoms with Gasteiger partial charge in [-0.15, -0.1) is 11.3 Å². The predicted octanol–water partition coefficient (Wildman–Crippen LogP) is 3.63. The van der Waals surface area contributed by atoms with Gasteiger partial charge in [-0.05, 0) is 40.3 Å². The Balaban J connectivity index is 1.80. The highest BCUT2D eigenvalue weighted by Gasteiger charge is 2.23. The second-order valence-corrected chi connectivity index (χ2v) is 12.8. The molecule has 0 saturated heterocycles. The number of sulfonamides is 1. The molecule has 33 heavy (non-hydrogen) atoms. The van der Waals surface area contributed by atoms with Crippen molar-refractivity contribution in [2.75, 3.05) is 5.75 Å². The number of hydrogen-bond donors (Lipinski definition) is 1. The molecule has 0 aliphatic heterocycles. The molecule has 2 aromatic heterocycles. The van der Waals surface area contributed by atoms with Crippen LogP contribution in [-0.4, -0.2) is 37.4 Å². The van der Waals surface area contributed by atoms with Crippen LogP contribution in [0.5, 0.6) is 0 Å². The van der Waals surface area contributed by atoms with E-state index in [1.54, 1.807) is 23.7 Å². The Kier molecular flexibility index (Phi) is 6.73. The molecule has 0 amide bonds. The molecule has 0 spiro atoms. The van der Waals surface area contributed by atoms with Crippen LogP contribution in [0.15, 0.2) is 69.9 Å². The lowest BCUT2D eigenvalue weighted by atomic mass is 10.0. The summed E-state index contributed by atoms with van der Waals surface area (Å²) >= 11 is 3.39. The van der Waals surface area contributed by atoms with E-state index >= 15 is 0 Å². The van der Waals surface area contributed by atoms with E-state index in [-0.39, 0.29) is 15.7 Å². The van der Waals surface area contributed by atoms with Crippen LogP contribution >= 0.6 is 33.9 Å². The van der Waals surface area contributed by atoms with E-state index in [0.717, 1.165) is 26.1 Å². The molecule has 12 heteroatoms. The van der Waals surface area contributed by atoms with Crippen LogP contribution in [0.2, 0.25) is 0 Å². The maximum Gasteiger partial charge on any atom is 0.238 e. The average Bonchev–Trinajstić information content (AvgIpc) is 3.40. The molecule has 2 N–H and O–H groups in total. The zero-order chi connectivity index (χ0) is 23.8. The molecular weight excluding hydrogens is 595 g/mol. The second kappa shape index (κ2) is 9.25. The van der Waals surface area contributed by atoms with Gasteiger partial charge in [0.05, 0.1) is 16.3 Å². The topological polar surface area (TPSA) is 125 Å². The maximum atomic E-state index is 12.2. The van der Waals surface area contributed by atoms with Crippen LogP contribution in [0.4, 0.5) is 0 Å². The number of nitrogens with zero attached hydrogens (tertiary/aromatic N) is 3. The third-order valence-corrected chi connectivity index (χ3v) is 9.56. The van der Waals surface area contributed by atoms with Crippen molar-refractivity contribution in [3.8, 4) is 16.4 Å². The summed E-state index contributed by atoms with van der Waals surface area (Å²) in [6.07, 6.45) is 0.485. The van der Waals surface area contributed by atoms with Crippen LogP contribution < -0.4 is 5.14 Å². The van der Waals surface area contributed by atoms with E-state index in [0.29, 0.717) is 11.6 Å². The molecule has 0 radical (unpaired) electrons. The smallest absolute Gasteiger partial charge is 0.225 e. The highest BCUT2D eigenvalue weighted by atomic mass is 127. The lowest BCUT2D eigenvalue weighted by Gasteiger charge is -2.05. The first-order chi connectivity index (χ1) is 15.6. The summed E-state index contributed by atoms with van der Waals surface area (Å²) in [7, 11) is -7.19. The zero-order valence-corrected chi connectivity index (χ0v) is 21.9. The predicted molar refractivity (Wildman–Crippen MR) is 136 cm³/mol. The largest absolute Gasteiger partial charge is 0.238 e. The second-order valence-electron chi connectivity index (χ2n) is 7.13. The van der Waals surface area contributed by atoms with Crippen molar-refractivity contribution in [1.82, 2.24) is 14.8 Å². The fraction of sp³-hybridized carbons (Fsp3) is 0.143. The van der Waals surface area contributed by atoms with E-state index in [9.17, 15) is 16.8 Å². The third kappa shape index (κ3) is 5.04. The Morgan fingerprint density at radius 3 is 2.30 bits per heavy atom. The van der Waals surface area contributed by atoms with Crippen molar-refractivity contribution < 1.29 is 16.8 Å². The average molecular weight is 615 g/mol. The summed E-state index contributed by atoms with van der Waals surface area (Å²) in [5.41, 5.74) is 3.44. The molecule has 0 bridgehead atoms. The first kappa shape index (κ1) is 24.0. The molecule has 0 saturated carbocycles. The first-order valence-corrected chi connectivity index (χ1v) is 14.9. The number of primary sulfonamides is 1. The molecule has 2 aromatic carbocycles. The van der Waals surface area contributed by atoms with Crippen molar-refractivity contribution in [3.05, 3.63) is 74.8 Å². The van der Waals surface area contributed by atoms with Crippen LogP contribution in [0.1, 0.15) is 18.1 Å². The summed E-state index contributed by atoms with van der Waals surface area (Å²) in [5, 5.41) is 12.0. The number of hydrogen-bond acceptors (Lipinski definition) is 7. The van der Waals surface area contributed by atoms with Crippen LogP contribution in [-0.2, 0) is 26.3 Å². The number of halogens is 1. The fourth-order valence-corrected chi connectivity index (χ4v) is 6.59. The van der Waals surface area contributed by atoms with Gasteiger partial charge in [0.2, 0.25) is 15.2 Å². The summed E-state index contributed by atoms with van der Waals surface area (Å²) in [5.74, 6) is -0.0264. The Morgan fingerprint density at radius 1 is 1.03 bits per heavy atom. The van der Waals surface area contributed by atoms with Crippen molar-refractivity contribution in [2.24, 2.45) is 5.14 Å². The molecule has 172 valence electrons. The van der Waals surface area contributed by atoms with Gasteiger partial charge < -0.3 is 0 Å². The normalized spacial score (nSPS) is 12.2. The Labute approximate surface area is 209 Å².